The number of urea groups is 1. The number of amides is 2. The summed E-state index contributed by atoms with van der Waals surface area (Å²) in [5, 5.41) is 3.11. The van der Waals surface area contributed by atoms with Gasteiger partial charge in [0, 0.05) is 57.4 Å². The Labute approximate surface area is 157 Å². The maximum Gasteiger partial charge on any atom is 0.317 e. The van der Waals surface area contributed by atoms with Crippen molar-refractivity contribution in [2.75, 3.05) is 39.3 Å². The van der Waals surface area contributed by atoms with Crippen molar-refractivity contribution in [1.29, 1.82) is 0 Å². The summed E-state index contributed by atoms with van der Waals surface area (Å²) in [5.41, 5.74) is 1.19. The van der Waals surface area contributed by atoms with Crippen molar-refractivity contribution in [1.82, 2.24) is 20.0 Å². The second-order valence-corrected chi connectivity index (χ2v) is 8.89. The molecule has 1 aromatic carbocycles. The Balaban J connectivity index is 1.37. The highest BCUT2D eigenvalue weighted by Crippen LogP contribution is 2.32. The molecule has 2 heterocycles. The maximum atomic E-state index is 12.8. The first-order valence-electron chi connectivity index (χ1n) is 10.1. The van der Waals surface area contributed by atoms with Crippen molar-refractivity contribution in [3.05, 3.63) is 35.9 Å². The van der Waals surface area contributed by atoms with Gasteiger partial charge in [0.05, 0.1) is 0 Å². The lowest BCUT2D eigenvalue weighted by Gasteiger charge is -2.55. The van der Waals surface area contributed by atoms with Crippen LogP contribution in [0.25, 0.3) is 0 Å². The molecule has 1 atom stereocenters. The minimum Gasteiger partial charge on any atom is -0.334 e. The highest BCUT2D eigenvalue weighted by Gasteiger charge is 2.44. The summed E-state index contributed by atoms with van der Waals surface area (Å²) in [4.78, 5) is 20.1. The number of nitrogens with zero attached hydrogens (tertiary/aromatic N) is 3. The topological polar surface area (TPSA) is 38.8 Å². The summed E-state index contributed by atoms with van der Waals surface area (Å²) in [6.45, 7) is 11.5. The monoisotopic (exact) mass is 356 g/mol. The number of piperazine rings is 2. The van der Waals surface area contributed by atoms with Crippen molar-refractivity contribution < 1.29 is 4.79 Å². The van der Waals surface area contributed by atoms with Gasteiger partial charge in [-0.15, -0.1) is 0 Å². The van der Waals surface area contributed by atoms with Gasteiger partial charge in [-0.2, -0.15) is 0 Å². The third-order valence-electron chi connectivity index (χ3n) is 6.14. The molecule has 0 bridgehead atoms. The zero-order valence-electron chi connectivity index (χ0n) is 16.2. The van der Waals surface area contributed by atoms with Crippen molar-refractivity contribution in [3.63, 3.8) is 0 Å². The Morgan fingerprint density at radius 3 is 2.65 bits per heavy atom. The molecule has 1 aromatic rings. The summed E-state index contributed by atoms with van der Waals surface area (Å²) in [5.74, 6) is 0.934. The van der Waals surface area contributed by atoms with Gasteiger partial charge in [-0.1, -0.05) is 30.3 Å². The minimum atomic E-state index is 0.0404. The molecule has 1 N–H and O–H groups in total. The van der Waals surface area contributed by atoms with Crippen molar-refractivity contribution in [2.45, 2.75) is 44.8 Å². The van der Waals surface area contributed by atoms with Gasteiger partial charge in [0.2, 0.25) is 0 Å². The zero-order valence-corrected chi connectivity index (χ0v) is 16.2. The molecule has 3 fully saturated rings. The molecular weight excluding hydrogens is 324 g/mol. The van der Waals surface area contributed by atoms with Crippen LogP contribution >= 0.6 is 0 Å². The number of hydrogen-bond acceptors (Lipinski definition) is 3. The predicted octanol–water partition coefficient (Wildman–Crippen LogP) is 2.39. The quantitative estimate of drug-likeness (QED) is 0.900. The zero-order chi connectivity index (χ0) is 18.1. The van der Waals surface area contributed by atoms with E-state index in [9.17, 15) is 4.79 Å². The molecule has 2 saturated heterocycles. The first kappa shape index (κ1) is 17.8. The van der Waals surface area contributed by atoms with Crippen LogP contribution in [0.5, 0.6) is 0 Å². The van der Waals surface area contributed by atoms with Gasteiger partial charge >= 0.3 is 6.03 Å². The molecule has 1 saturated carbocycles. The van der Waals surface area contributed by atoms with Gasteiger partial charge in [-0.3, -0.25) is 4.90 Å². The van der Waals surface area contributed by atoms with E-state index in [4.69, 9.17) is 0 Å². The SMILES string of the molecule is CC1(C)CN(C(=O)NCc2ccccc2)C[C@@H]2CN(CC3CC3)CCN21. The van der Waals surface area contributed by atoms with Gasteiger partial charge in [-0.05, 0) is 38.2 Å². The number of carbonyl (C=O) groups excluding carboxylic acids is 1. The molecular formula is C21H32N4O. The van der Waals surface area contributed by atoms with Crippen LogP contribution in [0.15, 0.2) is 30.3 Å². The van der Waals surface area contributed by atoms with Crippen LogP contribution < -0.4 is 5.32 Å². The Morgan fingerprint density at radius 1 is 1.15 bits per heavy atom. The molecule has 2 aliphatic heterocycles. The second-order valence-electron chi connectivity index (χ2n) is 8.89. The fraction of sp³-hybridized carbons (Fsp3) is 0.667. The Morgan fingerprint density at radius 2 is 1.92 bits per heavy atom. The Kier molecular flexibility index (Phi) is 4.93. The molecule has 26 heavy (non-hydrogen) atoms. The molecule has 142 valence electrons. The van der Waals surface area contributed by atoms with Crippen molar-refractivity contribution in [2.24, 2.45) is 5.92 Å². The number of fused-ring (bicyclic) bond motifs is 1. The van der Waals surface area contributed by atoms with Crippen LogP contribution in [0.1, 0.15) is 32.3 Å². The summed E-state index contributed by atoms with van der Waals surface area (Å²) in [7, 11) is 0. The molecule has 5 nitrogen and oxygen atoms in total. The predicted molar refractivity (Wildman–Crippen MR) is 104 cm³/mol. The maximum absolute atomic E-state index is 12.8. The van der Waals surface area contributed by atoms with E-state index in [1.807, 2.05) is 23.1 Å². The van der Waals surface area contributed by atoms with E-state index >= 15 is 0 Å². The van der Waals surface area contributed by atoms with E-state index in [2.05, 4.69) is 41.1 Å². The number of rotatable bonds is 4. The highest BCUT2D eigenvalue weighted by molar-refractivity contribution is 5.74. The number of hydrogen-bond donors (Lipinski definition) is 1. The van der Waals surface area contributed by atoms with E-state index in [0.717, 1.165) is 37.7 Å². The lowest BCUT2D eigenvalue weighted by molar-refractivity contribution is -0.0531. The molecule has 0 spiro atoms. The number of carbonyl (C=O) groups is 1. The Hall–Kier alpha value is -1.59. The summed E-state index contributed by atoms with van der Waals surface area (Å²) in [6, 6.07) is 10.7. The van der Waals surface area contributed by atoms with E-state index in [1.54, 1.807) is 0 Å². The smallest absolute Gasteiger partial charge is 0.317 e. The summed E-state index contributed by atoms with van der Waals surface area (Å²) >= 11 is 0. The van der Waals surface area contributed by atoms with Crippen LogP contribution in [0.3, 0.4) is 0 Å². The van der Waals surface area contributed by atoms with E-state index in [1.165, 1.54) is 25.9 Å². The average Bonchev–Trinajstić information content (AvgIpc) is 3.43. The van der Waals surface area contributed by atoms with Gasteiger partial charge in [0.1, 0.15) is 0 Å². The van der Waals surface area contributed by atoms with Crippen LogP contribution in [0, 0.1) is 5.92 Å². The normalized spacial score (nSPS) is 26.4. The van der Waals surface area contributed by atoms with Gasteiger partial charge < -0.3 is 15.1 Å². The molecule has 3 aliphatic rings. The molecule has 2 amide bonds. The highest BCUT2D eigenvalue weighted by atomic mass is 16.2. The van der Waals surface area contributed by atoms with Crippen LogP contribution in [-0.2, 0) is 6.54 Å². The second kappa shape index (κ2) is 7.20. The summed E-state index contributed by atoms with van der Waals surface area (Å²) in [6.07, 6.45) is 2.81. The third kappa shape index (κ3) is 4.04. The van der Waals surface area contributed by atoms with E-state index in [0.29, 0.717) is 12.6 Å². The van der Waals surface area contributed by atoms with Crippen molar-refractivity contribution in [3.8, 4) is 0 Å². The number of benzene rings is 1. The molecule has 0 radical (unpaired) electrons. The average molecular weight is 357 g/mol. The molecule has 0 unspecified atom stereocenters. The van der Waals surface area contributed by atoms with E-state index < -0.39 is 0 Å². The van der Waals surface area contributed by atoms with E-state index in [-0.39, 0.29) is 11.6 Å². The van der Waals surface area contributed by atoms with Crippen LogP contribution in [0.4, 0.5) is 4.79 Å². The fourth-order valence-corrected chi connectivity index (χ4v) is 4.62. The summed E-state index contributed by atoms with van der Waals surface area (Å²) < 4.78 is 0. The minimum absolute atomic E-state index is 0.0404. The van der Waals surface area contributed by atoms with Gasteiger partial charge in [0.15, 0.2) is 0 Å². The van der Waals surface area contributed by atoms with Crippen molar-refractivity contribution >= 4 is 6.03 Å². The molecule has 4 rings (SSSR count). The third-order valence-corrected chi connectivity index (χ3v) is 6.14. The van der Waals surface area contributed by atoms with Crippen LogP contribution in [-0.4, -0.2) is 71.6 Å². The van der Waals surface area contributed by atoms with Gasteiger partial charge in [-0.25, -0.2) is 4.79 Å². The lowest BCUT2D eigenvalue weighted by Crippen LogP contribution is -2.71. The van der Waals surface area contributed by atoms with Crippen LogP contribution in [0.2, 0.25) is 0 Å². The number of nitrogens with one attached hydrogen (secondary N) is 1. The molecule has 5 heteroatoms. The molecule has 1 aliphatic carbocycles. The molecule has 0 aromatic heterocycles. The standard InChI is InChI=1S/C21H32N4O/c1-21(2)16-24(20(26)22-12-17-6-4-3-5-7-17)15-19-14-23(10-11-25(19)21)13-18-8-9-18/h3-7,18-19H,8-16H2,1-2H3,(H,22,26)/t19-/m0/s1. The Bertz CT molecular complexity index is 628. The first-order valence-corrected chi connectivity index (χ1v) is 10.1. The lowest BCUT2D eigenvalue weighted by atomic mass is 9.93. The largest absolute Gasteiger partial charge is 0.334 e. The first-order chi connectivity index (χ1) is 12.5. The fourth-order valence-electron chi connectivity index (χ4n) is 4.62. The van der Waals surface area contributed by atoms with Gasteiger partial charge in [0.25, 0.3) is 0 Å².